The lowest BCUT2D eigenvalue weighted by atomic mass is 9.72. The maximum Gasteiger partial charge on any atom is 0.144 e. The lowest BCUT2D eigenvalue weighted by Gasteiger charge is -2.34. The zero-order chi connectivity index (χ0) is 24.5. The van der Waals surface area contributed by atoms with Crippen molar-refractivity contribution in [1.82, 2.24) is 0 Å². The van der Waals surface area contributed by atoms with E-state index in [1.807, 2.05) is 30.3 Å². The number of nitrogens with one attached hydrogen (secondary N) is 1. The Kier molecular flexibility index (Phi) is 6.22. The number of benzene rings is 3. The van der Waals surface area contributed by atoms with Gasteiger partial charge >= 0.3 is 0 Å². The van der Waals surface area contributed by atoms with Gasteiger partial charge in [0.2, 0.25) is 0 Å². The molecular weight excluding hydrogens is 446 g/mol. The molecule has 3 unspecified atom stereocenters. The Morgan fingerprint density at radius 3 is 2.33 bits per heavy atom. The van der Waals surface area contributed by atoms with Crippen molar-refractivity contribution in [3.8, 4) is 5.75 Å². The molecule has 1 saturated carbocycles. The molecule has 0 aromatic heterocycles. The first-order valence-corrected chi connectivity index (χ1v) is 13.1. The molecule has 3 aliphatic rings. The average Bonchev–Trinajstić information content (AvgIpc) is 3.11. The predicted molar refractivity (Wildman–Crippen MR) is 146 cm³/mol. The highest BCUT2D eigenvalue weighted by atomic mass is 16.5. The largest absolute Gasteiger partial charge is 0.497 e. The van der Waals surface area contributed by atoms with Crippen molar-refractivity contribution in [1.29, 1.82) is 0 Å². The van der Waals surface area contributed by atoms with E-state index < -0.39 is 0 Å². The first-order valence-electron chi connectivity index (χ1n) is 13.1. The monoisotopic (exact) mass is 479 g/mol. The van der Waals surface area contributed by atoms with Gasteiger partial charge in [-0.15, -0.1) is 0 Å². The van der Waals surface area contributed by atoms with Gasteiger partial charge in [0, 0.05) is 30.9 Å². The molecule has 0 bridgehead atoms. The standard InChI is InChI=1S/C31H33N3O2/c1-36-25-15-11-21(12-16-25)23-19-28-30(29(35)20-23)31(33-27-8-4-3-7-26(27)32-28)22-9-13-24(14-10-22)34-17-5-2-6-18-34/h3-4,7-16,23,30-31,33H,2,5-6,17-20H2,1H3. The number of carbonyl (C=O) groups is 1. The van der Waals surface area contributed by atoms with Crippen LogP contribution < -0.4 is 15.0 Å². The number of nitrogens with zero attached hydrogens (tertiary/aromatic N) is 2. The van der Waals surface area contributed by atoms with Gasteiger partial charge in [-0.2, -0.15) is 0 Å². The molecule has 5 nitrogen and oxygen atoms in total. The van der Waals surface area contributed by atoms with Gasteiger partial charge in [-0.25, -0.2) is 0 Å². The number of ketones is 1. The van der Waals surface area contributed by atoms with Crippen LogP contribution in [0.15, 0.2) is 77.8 Å². The SMILES string of the molecule is COc1ccc(C2CC(=O)C3C(=Nc4ccccc4NC3c3ccc(N4CCCCC4)cc3)C2)cc1. The van der Waals surface area contributed by atoms with Crippen LogP contribution in [0, 0.1) is 5.92 Å². The number of hydrogen-bond donors (Lipinski definition) is 1. The fourth-order valence-corrected chi connectivity index (χ4v) is 6.03. The highest BCUT2D eigenvalue weighted by Crippen LogP contribution is 2.44. The van der Waals surface area contributed by atoms with Crippen LogP contribution in [0.4, 0.5) is 17.1 Å². The van der Waals surface area contributed by atoms with E-state index in [-0.39, 0.29) is 23.7 Å². The number of fused-ring (bicyclic) bond motifs is 2. The van der Waals surface area contributed by atoms with E-state index in [9.17, 15) is 4.79 Å². The molecule has 3 atom stereocenters. The maximum absolute atomic E-state index is 13.8. The van der Waals surface area contributed by atoms with E-state index in [1.165, 1.54) is 30.5 Å². The molecule has 3 aromatic rings. The minimum absolute atomic E-state index is 0.130. The van der Waals surface area contributed by atoms with Crippen molar-refractivity contribution in [2.75, 3.05) is 30.4 Å². The van der Waals surface area contributed by atoms with E-state index >= 15 is 0 Å². The molecule has 6 rings (SSSR count). The van der Waals surface area contributed by atoms with Crippen molar-refractivity contribution in [2.45, 2.75) is 44.1 Å². The minimum Gasteiger partial charge on any atom is -0.497 e. The summed E-state index contributed by atoms with van der Waals surface area (Å²) < 4.78 is 5.33. The number of para-hydroxylation sites is 2. The molecule has 184 valence electrons. The molecule has 2 heterocycles. The first-order chi connectivity index (χ1) is 17.7. The normalized spacial score (nSPS) is 23.6. The second-order valence-corrected chi connectivity index (χ2v) is 10.2. The Labute approximate surface area is 213 Å². The van der Waals surface area contributed by atoms with Crippen LogP contribution >= 0.6 is 0 Å². The van der Waals surface area contributed by atoms with Gasteiger partial charge in [0.15, 0.2) is 0 Å². The number of rotatable bonds is 4. The lowest BCUT2D eigenvalue weighted by Crippen LogP contribution is -2.38. The van der Waals surface area contributed by atoms with Crippen molar-refractivity contribution < 1.29 is 9.53 Å². The average molecular weight is 480 g/mol. The summed E-state index contributed by atoms with van der Waals surface area (Å²) in [6.45, 7) is 2.25. The highest BCUT2D eigenvalue weighted by molar-refractivity contribution is 6.10. The number of anilines is 2. The molecule has 5 heteroatoms. The third kappa shape index (κ3) is 4.39. The molecule has 0 spiro atoms. The fraction of sp³-hybridized carbons (Fsp3) is 0.355. The smallest absolute Gasteiger partial charge is 0.144 e. The molecule has 2 aliphatic heterocycles. The quantitative estimate of drug-likeness (QED) is 0.453. The van der Waals surface area contributed by atoms with Crippen LogP contribution in [-0.4, -0.2) is 31.7 Å². The van der Waals surface area contributed by atoms with Crippen molar-refractivity contribution in [3.63, 3.8) is 0 Å². The Morgan fingerprint density at radius 1 is 0.861 bits per heavy atom. The zero-order valence-electron chi connectivity index (χ0n) is 20.8. The Morgan fingerprint density at radius 2 is 1.58 bits per heavy atom. The van der Waals surface area contributed by atoms with Gasteiger partial charge in [0.25, 0.3) is 0 Å². The van der Waals surface area contributed by atoms with Crippen molar-refractivity contribution in [2.24, 2.45) is 10.9 Å². The van der Waals surface area contributed by atoms with Crippen LogP contribution in [-0.2, 0) is 4.79 Å². The van der Waals surface area contributed by atoms with Gasteiger partial charge < -0.3 is 15.0 Å². The number of piperidine rings is 1. The van der Waals surface area contributed by atoms with Crippen molar-refractivity contribution >= 4 is 28.6 Å². The Balaban J connectivity index is 1.33. The Hall–Kier alpha value is -3.60. The maximum atomic E-state index is 13.8. The van der Waals surface area contributed by atoms with Gasteiger partial charge in [0.1, 0.15) is 11.5 Å². The molecule has 0 amide bonds. The summed E-state index contributed by atoms with van der Waals surface area (Å²) in [4.78, 5) is 21.3. The molecule has 3 aromatic carbocycles. The summed E-state index contributed by atoms with van der Waals surface area (Å²) in [5.74, 6) is 0.946. The van der Waals surface area contributed by atoms with Crippen molar-refractivity contribution in [3.05, 3.63) is 83.9 Å². The molecule has 1 saturated heterocycles. The van der Waals surface area contributed by atoms with E-state index in [1.54, 1.807) is 7.11 Å². The lowest BCUT2D eigenvalue weighted by molar-refractivity contribution is -0.122. The number of Topliss-reactive ketones (excluding diaryl/α,β-unsaturated/α-hetero) is 1. The molecule has 1 N–H and O–H groups in total. The number of aliphatic imine (C=N–C) groups is 1. The zero-order valence-corrected chi connectivity index (χ0v) is 20.8. The molecule has 2 fully saturated rings. The van der Waals surface area contributed by atoms with Crippen LogP contribution in [0.25, 0.3) is 0 Å². The topological polar surface area (TPSA) is 53.9 Å². The molecule has 0 radical (unpaired) electrons. The summed E-state index contributed by atoms with van der Waals surface area (Å²) in [6, 6.07) is 25.0. The highest BCUT2D eigenvalue weighted by Gasteiger charge is 2.41. The number of methoxy groups -OCH3 is 1. The summed E-state index contributed by atoms with van der Waals surface area (Å²) in [5.41, 5.74) is 6.46. The van der Waals surface area contributed by atoms with Gasteiger partial charge in [-0.3, -0.25) is 9.79 Å². The van der Waals surface area contributed by atoms with E-state index in [0.717, 1.165) is 47.9 Å². The van der Waals surface area contributed by atoms with Crippen LogP contribution in [0.2, 0.25) is 0 Å². The first kappa shape index (κ1) is 22.8. The Bertz CT molecular complexity index is 1260. The minimum atomic E-state index is -0.271. The third-order valence-corrected chi connectivity index (χ3v) is 7.98. The van der Waals surface area contributed by atoms with E-state index in [2.05, 4.69) is 52.7 Å². The van der Waals surface area contributed by atoms with Gasteiger partial charge in [-0.1, -0.05) is 36.4 Å². The summed E-state index contributed by atoms with van der Waals surface area (Å²) in [5, 5.41) is 3.71. The third-order valence-electron chi connectivity index (χ3n) is 7.98. The number of carbonyl (C=O) groups excluding carboxylic acids is 1. The molecular formula is C31H33N3O2. The van der Waals surface area contributed by atoms with Gasteiger partial charge in [-0.05, 0) is 79.1 Å². The second kappa shape index (κ2) is 9.81. The van der Waals surface area contributed by atoms with Crippen LogP contribution in [0.1, 0.15) is 55.2 Å². The second-order valence-electron chi connectivity index (χ2n) is 10.2. The van der Waals surface area contributed by atoms with E-state index in [4.69, 9.17) is 9.73 Å². The van der Waals surface area contributed by atoms with Gasteiger partial charge in [0.05, 0.1) is 30.4 Å². The van der Waals surface area contributed by atoms with Crippen LogP contribution in [0.5, 0.6) is 5.75 Å². The summed E-state index contributed by atoms with van der Waals surface area (Å²) >= 11 is 0. The summed E-state index contributed by atoms with van der Waals surface area (Å²) in [7, 11) is 1.67. The number of hydrogen-bond acceptors (Lipinski definition) is 5. The molecule has 1 aliphatic carbocycles. The number of ether oxygens (including phenoxy) is 1. The molecule has 36 heavy (non-hydrogen) atoms. The fourth-order valence-electron chi connectivity index (χ4n) is 6.03. The van der Waals surface area contributed by atoms with E-state index in [0.29, 0.717) is 6.42 Å². The summed E-state index contributed by atoms with van der Waals surface area (Å²) in [6.07, 6.45) is 5.14. The predicted octanol–water partition coefficient (Wildman–Crippen LogP) is 6.69. The van der Waals surface area contributed by atoms with Crippen LogP contribution in [0.3, 0.4) is 0 Å².